The third-order valence-corrected chi connectivity index (χ3v) is 2.94. The molecule has 0 N–H and O–H groups in total. The molecule has 0 bridgehead atoms. The zero-order valence-corrected chi connectivity index (χ0v) is 8.71. The molecule has 0 fully saturated rings. The molecule has 0 atom stereocenters. The van der Waals surface area contributed by atoms with Crippen molar-refractivity contribution in [2.75, 3.05) is 0 Å². The van der Waals surface area contributed by atoms with Gasteiger partial charge < -0.3 is 0 Å². The quantitative estimate of drug-likeness (QED) is 0.561. The molecule has 0 nitrogen and oxygen atoms in total. The molecule has 0 heterocycles. The first kappa shape index (κ1) is 9.51. The van der Waals surface area contributed by atoms with E-state index in [0.717, 1.165) is 0 Å². The summed E-state index contributed by atoms with van der Waals surface area (Å²) in [6.45, 7) is 0. The molecule has 0 saturated carbocycles. The molecule has 0 heteroatoms. The molecule has 2 aliphatic rings. The first-order valence-corrected chi connectivity index (χ1v) is 5.64. The molecule has 0 aromatic rings. The van der Waals surface area contributed by atoms with Gasteiger partial charge in [0.15, 0.2) is 0 Å². The lowest BCUT2D eigenvalue weighted by Crippen LogP contribution is -1.83. The van der Waals surface area contributed by atoms with E-state index in [0.29, 0.717) is 0 Å². The minimum atomic E-state index is 1.20. The van der Waals surface area contributed by atoms with Gasteiger partial charge >= 0.3 is 0 Å². The van der Waals surface area contributed by atoms with Gasteiger partial charge in [0, 0.05) is 0 Å². The van der Waals surface area contributed by atoms with Crippen molar-refractivity contribution in [2.45, 2.75) is 38.5 Å². The van der Waals surface area contributed by atoms with Crippen LogP contribution in [-0.4, -0.2) is 0 Å². The van der Waals surface area contributed by atoms with Crippen LogP contribution < -0.4 is 0 Å². The molecule has 0 amide bonds. The van der Waals surface area contributed by atoms with E-state index in [2.05, 4.69) is 36.5 Å². The van der Waals surface area contributed by atoms with Gasteiger partial charge in [-0.25, -0.2) is 0 Å². The predicted molar refractivity (Wildman–Crippen MR) is 62.1 cm³/mol. The zero-order valence-electron chi connectivity index (χ0n) is 8.71. The van der Waals surface area contributed by atoms with E-state index in [4.69, 9.17) is 0 Å². The number of unbranched alkanes of at least 4 members (excludes halogenated alkanes) is 1. The summed E-state index contributed by atoms with van der Waals surface area (Å²) < 4.78 is 0. The van der Waals surface area contributed by atoms with Crippen molar-refractivity contribution in [3.63, 3.8) is 0 Å². The SMILES string of the molecule is C1=CCC(CCCCC2=CC=CC2)=C1. The maximum Gasteiger partial charge on any atom is -0.0133 e. The van der Waals surface area contributed by atoms with E-state index in [1.165, 1.54) is 38.5 Å². The van der Waals surface area contributed by atoms with E-state index in [9.17, 15) is 0 Å². The highest BCUT2D eigenvalue weighted by Crippen LogP contribution is 2.21. The van der Waals surface area contributed by atoms with Crippen LogP contribution in [0.5, 0.6) is 0 Å². The maximum atomic E-state index is 2.27. The van der Waals surface area contributed by atoms with Crippen LogP contribution in [0.2, 0.25) is 0 Å². The second-order valence-corrected chi connectivity index (χ2v) is 4.12. The van der Waals surface area contributed by atoms with Gasteiger partial charge in [-0.2, -0.15) is 0 Å². The van der Waals surface area contributed by atoms with Crippen molar-refractivity contribution in [3.8, 4) is 0 Å². The fourth-order valence-corrected chi connectivity index (χ4v) is 2.06. The van der Waals surface area contributed by atoms with Gasteiger partial charge in [-0.05, 0) is 38.5 Å². The van der Waals surface area contributed by atoms with E-state index in [-0.39, 0.29) is 0 Å². The Bertz CT molecular complexity index is 268. The van der Waals surface area contributed by atoms with Crippen LogP contribution in [0.25, 0.3) is 0 Å². The normalized spacial score (nSPS) is 18.9. The standard InChI is InChI=1S/C14H18/c1-2-8-13(7-1)11-5-6-12-14-9-3-4-10-14/h1-4,7,9H,5-6,8,10-12H2. The lowest BCUT2D eigenvalue weighted by atomic mass is 10.0. The maximum absolute atomic E-state index is 2.27. The van der Waals surface area contributed by atoms with Gasteiger partial charge in [0.05, 0.1) is 0 Å². The zero-order chi connectivity index (χ0) is 9.64. The predicted octanol–water partition coefficient (Wildman–Crippen LogP) is 4.32. The van der Waals surface area contributed by atoms with Crippen LogP contribution >= 0.6 is 0 Å². The second-order valence-electron chi connectivity index (χ2n) is 4.12. The Morgan fingerprint density at radius 3 is 1.64 bits per heavy atom. The Hall–Kier alpha value is -1.04. The Labute approximate surface area is 86.7 Å². The molecular weight excluding hydrogens is 168 g/mol. The smallest absolute Gasteiger partial charge is 0.0133 e. The topological polar surface area (TPSA) is 0 Å². The molecule has 0 unspecified atom stereocenters. The summed E-state index contributed by atoms with van der Waals surface area (Å²) in [6.07, 6.45) is 21.1. The van der Waals surface area contributed by atoms with E-state index in [1.54, 1.807) is 11.1 Å². The van der Waals surface area contributed by atoms with Crippen LogP contribution in [0.4, 0.5) is 0 Å². The molecule has 0 spiro atoms. The summed E-state index contributed by atoms with van der Waals surface area (Å²) in [6, 6.07) is 0. The number of hydrogen-bond donors (Lipinski definition) is 0. The fourth-order valence-electron chi connectivity index (χ4n) is 2.06. The summed E-state index contributed by atoms with van der Waals surface area (Å²) >= 11 is 0. The van der Waals surface area contributed by atoms with Gasteiger partial charge in [-0.1, -0.05) is 47.6 Å². The Kier molecular flexibility index (Phi) is 3.39. The lowest BCUT2D eigenvalue weighted by Gasteiger charge is -2.03. The number of hydrogen-bond acceptors (Lipinski definition) is 0. The monoisotopic (exact) mass is 186 g/mol. The molecule has 14 heavy (non-hydrogen) atoms. The highest BCUT2D eigenvalue weighted by molar-refractivity contribution is 5.23. The molecule has 74 valence electrons. The molecular formula is C14H18. The number of rotatable bonds is 5. The molecule has 0 aliphatic heterocycles. The van der Waals surface area contributed by atoms with Crippen LogP contribution in [0.1, 0.15) is 38.5 Å². The fraction of sp³-hybridized carbons (Fsp3) is 0.429. The van der Waals surface area contributed by atoms with Crippen molar-refractivity contribution in [1.82, 2.24) is 0 Å². The second kappa shape index (κ2) is 4.99. The molecule has 2 rings (SSSR count). The molecule has 0 aromatic heterocycles. The summed E-state index contributed by atoms with van der Waals surface area (Å²) in [5.41, 5.74) is 3.23. The summed E-state index contributed by atoms with van der Waals surface area (Å²) in [4.78, 5) is 0. The summed E-state index contributed by atoms with van der Waals surface area (Å²) in [7, 11) is 0. The Balaban J connectivity index is 1.55. The third kappa shape index (κ3) is 2.73. The van der Waals surface area contributed by atoms with E-state index >= 15 is 0 Å². The minimum absolute atomic E-state index is 1.20. The molecule has 0 radical (unpaired) electrons. The van der Waals surface area contributed by atoms with Crippen LogP contribution in [0.15, 0.2) is 47.6 Å². The van der Waals surface area contributed by atoms with Gasteiger partial charge in [0.1, 0.15) is 0 Å². The Morgan fingerprint density at radius 2 is 1.29 bits per heavy atom. The summed E-state index contributed by atoms with van der Waals surface area (Å²) in [5, 5.41) is 0. The average molecular weight is 186 g/mol. The highest BCUT2D eigenvalue weighted by Gasteiger charge is 2.01. The average Bonchev–Trinajstić information content (AvgIpc) is 2.86. The van der Waals surface area contributed by atoms with Crippen molar-refractivity contribution in [2.24, 2.45) is 0 Å². The van der Waals surface area contributed by atoms with Crippen molar-refractivity contribution >= 4 is 0 Å². The van der Waals surface area contributed by atoms with E-state index < -0.39 is 0 Å². The molecule has 2 aliphatic carbocycles. The molecule has 0 saturated heterocycles. The van der Waals surface area contributed by atoms with Crippen molar-refractivity contribution in [1.29, 1.82) is 0 Å². The Morgan fingerprint density at radius 1 is 0.786 bits per heavy atom. The van der Waals surface area contributed by atoms with Gasteiger partial charge in [0.25, 0.3) is 0 Å². The van der Waals surface area contributed by atoms with Gasteiger partial charge in [-0.3, -0.25) is 0 Å². The van der Waals surface area contributed by atoms with Crippen LogP contribution in [0, 0.1) is 0 Å². The summed E-state index contributed by atoms with van der Waals surface area (Å²) in [5.74, 6) is 0. The largest absolute Gasteiger partial charge is 0.0805 e. The highest BCUT2D eigenvalue weighted by atomic mass is 14.1. The minimum Gasteiger partial charge on any atom is -0.0805 e. The van der Waals surface area contributed by atoms with E-state index in [1.807, 2.05) is 0 Å². The van der Waals surface area contributed by atoms with Crippen molar-refractivity contribution in [3.05, 3.63) is 47.6 Å². The third-order valence-electron chi connectivity index (χ3n) is 2.94. The van der Waals surface area contributed by atoms with Crippen LogP contribution in [-0.2, 0) is 0 Å². The first-order chi connectivity index (χ1) is 6.95. The first-order valence-electron chi connectivity index (χ1n) is 5.64. The van der Waals surface area contributed by atoms with Crippen LogP contribution in [0.3, 0.4) is 0 Å². The molecule has 0 aromatic carbocycles. The number of allylic oxidation sites excluding steroid dienone is 8. The lowest BCUT2D eigenvalue weighted by molar-refractivity contribution is 0.715. The van der Waals surface area contributed by atoms with Gasteiger partial charge in [-0.15, -0.1) is 0 Å². The van der Waals surface area contributed by atoms with Crippen molar-refractivity contribution < 1.29 is 0 Å². The van der Waals surface area contributed by atoms with Gasteiger partial charge in [0.2, 0.25) is 0 Å².